The summed E-state index contributed by atoms with van der Waals surface area (Å²) in [6, 6.07) is 17.6. The molecule has 3 N–H and O–H groups in total. The second kappa shape index (κ2) is 9.35. The van der Waals surface area contributed by atoms with E-state index in [-0.39, 0.29) is 11.4 Å². The van der Waals surface area contributed by atoms with Gasteiger partial charge >= 0.3 is 0 Å². The third-order valence-corrected chi connectivity index (χ3v) is 7.10. The molecule has 0 saturated heterocycles. The van der Waals surface area contributed by atoms with Crippen LogP contribution in [0.5, 0.6) is 11.5 Å². The number of hydrogen-bond donors (Lipinski definition) is 2. The first-order valence-electron chi connectivity index (χ1n) is 11.1. The predicted molar refractivity (Wildman–Crippen MR) is 140 cm³/mol. The number of anilines is 1. The van der Waals surface area contributed by atoms with Crippen molar-refractivity contribution in [2.45, 2.75) is 32.7 Å². The van der Waals surface area contributed by atoms with Gasteiger partial charge in [-0.1, -0.05) is 49.4 Å². The van der Waals surface area contributed by atoms with E-state index < -0.39 is 0 Å². The van der Waals surface area contributed by atoms with Crippen molar-refractivity contribution in [2.24, 2.45) is 0 Å². The molecule has 2 aromatic heterocycles. The lowest BCUT2D eigenvalue weighted by molar-refractivity contribution is 0.0916. The average Bonchev–Trinajstić information content (AvgIpc) is 3.19. The number of fused-ring (bicyclic) bond motifs is 1. The molecule has 0 atom stereocenters. The molecule has 0 aliphatic heterocycles. The number of aromatic nitrogens is 1. The van der Waals surface area contributed by atoms with Gasteiger partial charge in [0.05, 0.1) is 25.6 Å². The van der Waals surface area contributed by atoms with E-state index in [0.29, 0.717) is 26.9 Å². The number of ether oxygens (including phenoxy) is 2. The Labute approximate surface area is 203 Å². The van der Waals surface area contributed by atoms with Crippen LogP contribution in [0.2, 0.25) is 0 Å². The second-order valence-electron chi connectivity index (χ2n) is 8.68. The van der Waals surface area contributed by atoms with Crippen LogP contribution in [0.15, 0.2) is 54.6 Å². The standard InChI is InChI=1S/C27H29N3O3S/c1-6-27(2,3)30-25(31)24-22(28)21-18(17-13-10-14-20(32-4)23(17)33-5)15-19(29-26(21)34-24)16-11-8-7-9-12-16/h7-15H,6,28H2,1-5H3,(H,30,31). The highest BCUT2D eigenvalue weighted by Crippen LogP contribution is 2.46. The van der Waals surface area contributed by atoms with Gasteiger partial charge in [0.25, 0.3) is 5.91 Å². The number of pyridine rings is 1. The number of carbonyl (C=O) groups is 1. The van der Waals surface area contributed by atoms with Crippen LogP contribution in [0.4, 0.5) is 5.69 Å². The quantitative estimate of drug-likeness (QED) is 0.335. The summed E-state index contributed by atoms with van der Waals surface area (Å²) in [5.41, 5.74) is 10.1. The summed E-state index contributed by atoms with van der Waals surface area (Å²) in [6.07, 6.45) is 0.798. The zero-order valence-corrected chi connectivity index (χ0v) is 20.9. The second-order valence-corrected chi connectivity index (χ2v) is 9.68. The van der Waals surface area contributed by atoms with Crippen LogP contribution < -0.4 is 20.5 Å². The first-order valence-corrected chi connectivity index (χ1v) is 11.9. The van der Waals surface area contributed by atoms with Gasteiger partial charge in [-0.05, 0) is 32.4 Å². The predicted octanol–water partition coefficient (Wildman–Crippen LogP) is 6.15. The molecule has 0 fully saturated rings. The minimum absolute atomic E-state index is 0.197. The SMILES string of the molecule is CCC(C)(C)NC(=O)c1sc2nc(-c3ccccc3)cc(-c3cccc(OC)c3OC)c2c1N. The van der Waals surface area contributed by atoms with E-state index in [9.17, 15) is 4.79 Å². The minimum atomic E-state index is -0.346. The van der Waals surface area contributed by atoms with Crippen LogP contribution in [0.1, 0.15) is 36.9 Å². The van der Waals surface area contributed by atoms with E-state index in [2.05, 4.69) is 5.32 Å². The number of hydrogen-bond acceptors (Lipinski definition) is 6. The minimum Gasteiger partial charge on any atom is -0.493 e. The van der Waals surface area contributed by atoms with Crippen molar-refractivity contribution in [3.63, 3.8) is 0 Å². The van der Waals surface area contributed by atoms with Gasteiger partial charge in [-0.3, -0.25) is 4.79 Å². The maximum atomic E-state index is 13.2. The monoisotopic (exact) mass is 475 g/mol. The van der Waals surface area contributed by atoms with Gasteiger partial charge in [0.1, 0.15) is 9.71 Å². The van der Waals surface area contributed by atoms with Gasteiger partial charge in [0, 0.05) is 27.6 Å². The van der Waals surface area contributed by atoms with E-state index in [4.69, 9.17) is 20.2 Å². The third-order valence-electron chi connectivity index (χ3n) is 6.00. The molecule has 4 rings (SSSR count). The number of nitrogen functional groups attached to an aromatic ring is 1. The van der Waals surface area contributed by atoms with Crippen LogP contribution in [-0.2, 0) is 0 Å². The lowest BCUT2D eigenvalue weighted by Gasteiger charge is -2.24. The summed E-state index contributed by atoms with van der Waals surface area (Å²) in [5, 5.41) is 3.82. The molecule has 0 aliphatic carbocycles. The van der Waals surface area contributed by atoms with Gasteiger partial charge in [0.15, 0.2) is 11.5 Å². The molecular formula is C27H29N3O3S. The van der Waals surface area contributed by atoms with Gasteiger partial charge in [-0.25, -0.2) is 4.98 Å². The summed E-state index contributed by atoms with van der Waals surface area (Å²) >= 11 is 1.30. The van der Waals surface area contributed by atoms with Gasteiger partial charge in [-0.2, -0.15) is 0 Å². The maximum absolute atomic E-state index is 13.2. The van der Waals surface area contributed by atoms with Crippen molar-refractivity contribution in [3.05, 3.63) is 59.5 Å². The summed E-state index contributed by atoms with van der Waals surface area (Å²) in [5.74, 6) is 1.01. The van der Waals surface area contributed by atoms with Crippen molar-refractivity contribution >= 4 is 33.1 Å². The largest absolute Gasteiger partial charge is 0.493 e. The number of thiophene rings is 1. The maximum Gasteiger partial charge on any atom is 0.263 e. The number of rotatable bonds is 7. The Morgan fingerprint density at radius 2 is 1.79 bits per heavy atom. The number of amides is 1. The van der Waals surface area contributed by atoms with E-state index in [0.717, 1.165) is 34.2 Å². The third kappa shape index (κ3) is 4.31. The fourth-order valence-corrected chi connectivity index (χ4v) is 4.83. The van der Waals surface area contributed by atoms with Crippen LogP contribution in [-0.4, -0.2) is 30.6 Å². The van der Waals surface area contributed by atoms with Crippen molar-refractivity contribution in [1.29, 1.82) is 0 Å². The molecule has 2 aromatic carbocycles. The number of methoxy groups -OCH3 is 2. The zero-order chi connectivity index (χ0) is 24.5. The highest BCUT2D eigenvalue weighted by Gasteiger charge is 2.26. The number of nitrogens with two attached hydrogens (primary N) is 1. The summed E-state index contributed by atoms with van der Waals surface area (Å²) in [4.78, 5) is 19.2. The van der Waals surface area contributed by atoms with Crippen molar-refractivity contribution < 1.29 is 14.3 Å². The lowest BCUT2D eigenvalue weighted by atomic mass is 9.98. The highest BCUT2D eigenvalue weighted by atomic mass is 32.1. The molecule has 7 heteroatoms. The number of carbonyl (C=O) groups excluding carboxylic acids is 1. The number of nitrogens with one attached hydrogen (secondary N) is 1. The Bertz CT molecular complexity index is 1350. The van der Waals surface area contributed by atoms with E-state index in [1.807, 2.05) is 75.4 Å². The summed E-state index contributed by atoms with van der Waals surface area (Å²) in [6.45, 7) is 6.02. The van der Waals surface area contributed by atoms with Crippen LogP contribution in [0, 0.1) is 0 Å². The van der Waals surface area contributed by atoms with E-state index in [1.54, 1.807) is 14.2 Å². The number of nitrogens with zero attached hydrogens (tertiary/aromatic N) is 1. The summed E-state index contributed by atoms with van der Waals surface area (Å²) < 4.78 is 11.3. The average molecular weight is 476 g/mol. The normalized spacial score (nSPS) is 11.4. The molecule has 176 valence electrons. The number of para-hydroxylation sites is 1. The van der Waals surface area contributed by atoms with Crippen LogP contribution in [0.3, 0.4) is 0 Å². The fourth-order valence-electron chi connectivity index (χ4n) is 3.81. The molecule has 4 aromatic rings. The molecule has 0 radical (unpaired) electrons. The smallest absolute Gasteiger partial charge is 0.263 e. The molecule has 0 saturated carbocycles. The van der Waals surface area contributed by atoms with Crippen molar-refractivity contribution in [3.8, 4) is 33.9 Å². The molecule has 0 aliphatic rings. The first kappa shape index (κ1) is 23.6. The zero-order valence-electron chi connectivity index (χ0n) is 20.1. The molecular weight excluding hydrogens is 446 g/mol. The first-order chi connectivity index (χ1) is 16.3. The van der Waals surface area contributed by atoms with Crippen molar-refractivity contribution in [1.82, 2.24) is 10.3 Å². The lowest BCUT2D eigenvalue weighted by Crippen LogP contribution is -2.42. The van der Waals surface area contributed by atoms with Crippen molar-refractivity contribution in [2.75, 3.05) is 20.0 Å². The highest BCUT2D eigenvalue weighted by molar-refractivity contribution is 7.21. The molecule has 6 nitrogen and oxygen atoms in total. The van der Waals surface area contributed by atoms with Crippen LogP contribution >= 0.6 is 11.3 Å². The van der Waals surface area contributed by atoms with Gasteiger partial charge in [0.2, 0.25) is 0 Å². The molecule has 0 unspecified atom stereocenters. The molecule has 0 bridgehead atoms. The molecule has 0 spiro atoms. The Morgan fingerprint density at radius 3 is 2.44 bits per heavy atom. The molecule has 1 amide bonds. The Hall–Kier alpha value is -3.58. The number of benzene rings is 2. The van der Waals surface area contributed by atoms with E-state index in [1.165, 1.54) is 11.3 Å². The Balaban J connectivity index is 2.00. The molecule has 34 heavy (non-hydrogen) atoms. The molecule has 2 heterocycles. The topological polar surface area (TPSA) is 86.5 Å². The van der Waals surface area contributed by atoms with E-state index >= 15 is 0 Å². The van der Waals surface area contributed by atoms with Crippen LogP contribution in [0.25, 0.3) is 32.6 Å². The Morgan fingerprint density at radius 1 is 1.06 bits per heavy atom. The van der Waals surface area contributed by atoms with Gasteiger partial charge in [-0.15, -0.1) is 11.3 Å². The summed E-state index contributed by atoms with van der Waals surface area (Å²) in [7, 11) is 3.22. The fraction of sp³-hybridized carbons (Fsp3) is 0.259. The Kier molecular flexibility index (Phi) is 6.48. The van der Waals surface area contributed by atoms with Gasteiger partial charge < -0.3 is 20.5 Å².